The van der Waals surface area contributed by atoms with Crippen molar-refractivity contribution in [2.45, 2.75) is 45.1 Å². The highest BCUT2D eigenvalue weighted by Gasteiger charge is 2.30. The molecule has 106 valence electrons. The zero-order valence-electron chi connectivity index (χ0n) is 11.2. The molecule has 0 saturated carbocycles. The summed E-state index contributed by atoms with van der Waals surface area (Å²) in [7, 11) is -1.85. The lowest BCUT2D eigenvalue weighted by Gasteiger charge is -2.30. The van der Waals surface area contributed by atoms with Crippen LogP contribution in [0, 0.1) is 5.41 Å². The molecule has 7 heteroatoms. The molecular weight excluding hydrogens is 252 g/mol. The predicted molar refractivity (Wildman–Crippen MR) is 72.7 cm³/mol. The van der Waals surface area contributed by atoms with Crippen LogP contribution in [-0.2, 0) is 10.2 Å². The number of rotatable bonds is 5. The van der Waals surface area contributed by atoms with Gasteiger partial charge < -0.3 is 5.73 Å². The van der Waals surface area contributed by atoms with Crippen molar-refractivity contribution in [2.24, 2.45) is 5.73 Å². The molecule has 0 aromatic heterocycles. The van der Waals surface area contributed by atoms with E-state index in [2.05, 4.69) is 0 Å². The Kier molecular flexibility index (Phi) is 5.55. The summed E-state index contributed by atoms with van der Waals surface area (Å²) in [4.78, 5) is 0. The maximum Gasteiger partial charge on any atom is 0.281 e. The first-order valence-electron chi connectivity index (χ1n) is 6.41. The van der Waals surface area contributed by atoms with Gasteiger partial charge in [-0.15, -0.1) is 0 Å². The monoisotopic (exact) mass is 276 g/mol. The Hall–Kier alpha value is -0.660. The fourth-order valence-corrected chi connectivity index (χ4v) is 3.74. The van der Waals surface area contributed by atoms with E-state index in [1.54, 1.807) is 18.3 Å². The summed E-state index contributed by atoms with van der Waals surface area (Å²) in [5.41, 5.74) is 5.33. The molecule has 0 spiro atoms. The molecule has 1 aliphatic rings. The van der Waals surface area contributed by atoms with Crippen molar-refractivity contribution in [3.63, 3.8) is 0 Å². The van der Waals surface area contributed by atoms with E-state index in [-0.39, 0.29) is 18.3 Å². The van der Waals surface area contributed by atoms with E-state index in [4.69, 9.17) is 11.1 Å². The predicted octanol–water partition coefficient (Wildman–Crippen LogP) is 0.754. The minimum Gasteiger partial charge on any atom is -0.388 e. The summed E-state index contributed by atoms with van der Waals surface area (Å²) in [5.74, 6) is 0.0143. The molecule has 1 atom stereocenters. The van der Waals surface area contributed by atoms with E-state index in [9.17, 15) is 8.42 Å². The Morgan fingerprint density at radius 1 is 1.33 bits per heavy atom. The van der Waals surface area contributed by atoms with E-state index in [0.717, 1.165) is 25.7 Å². The van der Waals surface area contributed by atoms with Crippen LogP contribution in [0.25, 0.3) is 0 Å². The molecule has 1 heterocycles. The first kappa shape index (κ1) is 15.4. The molecular formula is C11H24N4O2S. The molecule has 1 saturated heterocycles. The van der Waals surface area contributed by atoms with Gasteiger partial charge in [0.15, 0.2) is 0 Å². The van der Waals surface area contributed by atoms with Crippen molar-refractivity contribution in [1.82, 2.24) is 8.61 Å². The Balaban J connectivity index is 2.74. The van der Waals surface area contributed by atoms with E-state index in [0.29, 0.717) is 13.1 Å². The van der Waals surface area contributed by atoms with Gasteiger partial charge in [0, 0.05) is 32.6 Å². The average molecular weight is 276 g/mol. The Morgan fingerprint density at radius 2 is 1.83 bits per heavy atom. The van der Waals surface area contributed by atoms with Crippen molar-refractivity contribution >= 4 is 16.0 Å². The quantitative estimate of drug-likeness (QED) is 0.573. The highest BCUT2D eigenvalue weighted by atomic mass is 32.2. The van der Waals surface area contributed by atoms with E-state index >= 15 is 0 Å². The van der Waals surface area contributed by atoms with Gasteiger partial charge in [0.05, 0.1) is 5.84 Å². The van der Waals surface area contributed by atoms with Crippen LogP contribution < -0.4 is 5.73 Å². The molecule has 0 aromatic rings. The van der Waals surface area contributed by atoms with Crippen LogP contribution >= 0.6 is 0 Å². The van der Waals surface area contributed by atoms with Gasteiger partial charge in [0.2, 0.25) is 0 Å². The topological polar surface area (TPSA) is 90.5 Å². The lowest BCUT2D eigenvalue weighted by Crippen LogP contribution is -2.46. The van der Waals surface area contributed by atoms with Crippen LogP contribution in [0.1, 0.15) is 39.0 Å². The minimum absolute atomic E-state index is 0.0143. The molecule has 1 aliphatic heterocycles. The summed E-state index contributed by atoms with van der Waals surface area (Å²) in [6.07, 6.45) is 4.31. The number of hydrogen-bond donors (Lipinski definition) is 2. The number of nitrogens with one attached hydrogen (secondary N) is 1. The second-order valence-electron chi connectivity index (χ2n) is 4.92. The largest absolute Gasteiger partial charge is 0.388 e. The third kappa shape index (κ3) is 3.93. The Labute approximate surface area is 110 Å². The van der Waals surface area contributed by atoms with Crippen molar-refractivity contribution in [3.05, 3.63) is 0 Å². The maximum absolute atomic E-state index is 12.4. The smallest absolute Gasteiger partial charge is 0.281 e. The fraction of sp³-hybridized carbons (Fsp3) is 0.909. The highest BCUT2D eigenvalue weighted by molar-refractivity contribution is 7.86. The maximum atomic E-state index is 12.4. The fourth-order valence-electron chi connectivity index (χ4n) is 2.13. The van der Waals surface area contributed by atoms with E-state index in [1.165, 1.54) is 4.31 Å². The number of hydrogen-bond acceptors (Lipinski definition) is 3. The molecule has 0 aliphatic carbocycles. The van der Waals surface area contributed by atoms with Crippen LogP contribution in [0.4, 0.5) is 0 Å². The van der Waals surface area contributed by atoms with E-state index < -0.39 is 10.2 Å². The van der Waals surface area contributed by atoms with Gasteiger partial charge in [-0.2, -0.15) is 17.0 Å². The first-order chi connectivity index (χ1) is 8.35. The van der Waals surface area contributed by atoms with Crippen LogP contribution in [0.2, 0.25) is 0 Å². The second kappa shape index (κ2) is 6.49. The summed E-state index contributed by atoms with van der Waals surface area (Å²) in [5, 5.41) is 7.24. The van der Waals surface area contributed by atoms with Crippen molar-refractivity contribution in [1.29, 1.82) is 5.41 Å². The zero-order valence-corrected chi connectivity index (χ0v) is 12.0. The standard InChI is InChI=1S/C11H24N4O2S/c1-10(9-11(12)13)14(2)18(16,17)15-7-5-3-4-6-8-15/h10H,3-9H2,1-2H3,(H3,12,13). The number of nitrogens with zero attached hydrogens (tertiary/aromatic N) is 2. The van der Waals surface area contributed by atoms with Gasteiger partial charge in [0.25, 0.3) is 10.2 Å². The van der Waals surface area contributed by atoms with Crippen LogP contribution in [-0.4, -0.2) is 49.0 Å². The third-order valence-electron chi connectivity index (χ3n) is 3.39. The van der Waals surface area contributed by atoms with Gasteiger partial charge >= 0.3 is 0 Å². The summed E-state index contributed by atoms with van der Waals surface area (Å²) < 4.78 is 27.7. The van der Waals surface area contributed by atoms with Gasteiger partial charge in [-0.3, -0.25) is 5.41 Å². The molecule has 0 amide bonds. The number of amidine groups is 1. The van der Waals surface area contributed by atoms with Crippen molar-refractivity contribution in [2.75, 3.05) is 20.1 Å². The van der Waals surface area contributed by atoms with Crippen LogP contribution in [0.3, 0.4) is 0 Å². The lowest BCUT2D eigenvalue weighted by molar-refractivity contribution is 0.332. The van der Waals surface area contributed by atoms with Crippen molar-refractivity contribution in [3.8, 4) is 0 Å². The summed E-state index contributed by atoms with van der Waals surface area (Å²) in [6, 6.07) is -0.282. The lowest BCUT2D eigenvalue weighted by atomic mass is 10.2. The first-order valence-corrected chi connectivity index (χ1v) is 7.81. The highest BCUT2D eigenvalue weighted by Crippen LogP contribution is 2.17. The van der Waals surface area contributed by atoms with Crippen LogP contribution in [0.5, 0.6) is 0 Å². The molecule has 18 heavy (non-hydrogen) atoms. The molecule has 6 nitrogen and oxygen atoms in total. The molecule has 1 unspecified atom stereocenters. The second-order valence-corrected chi connectivity index (χ2v) is 6.90. The van der Waals surface area contributed by atoms with Gasteiger partial charge in [-0.1, -0.05) is 12.8 Å². The molecule has 0 bridgehead atoms. The van der Waals surface area contributed by atoms with E-state index in [1.807, 2.05) is 0 Å². The summed E-state index contributed by atoms with van der Waals surface area (Å²) in [6.45, 7) is 2.97. The number of nitrogens with two attached hydrogens (primary N) is 1. The molecule has 1 fully saturated rings. The van der Waals surface area contributed by atoms with Crippen LogP contribution in [0.15, 0.2) is 0 Å². The summed E-state index contributed by atoms with van der Waals surface area (Å²) >= 11 is 0. The minimum atomic E-state index is -3.42. The Bertz CT molecular complexity index is 375. The van der Waals surface area contributed by atoms with Gasteiger partial charge in [0.1, 0.15) is 0 Å². The normalized spacial score (nSPS) is 20.6. The molecule has 0 aromatic carbocycles. The SMILES string of the molecule is CC(CC(=N)N)N(C)S(=O)(=O)N1CCCCCC1. The van der Waals surface area contributed by atoms with Gasteiger partial charge in [-0.25, -0.2) is 0 Å². The third-order valence-corrected chi connectivity index (χ3v) is 5.50. The molecule has 3 N–H and O–H groups in total. The zero-order chi connectivity index (χ0) is 13.8. The van der Waals surface area contributed by atoms with Crippen molar-refractivity contribution < 1.29 is 8.42 Å². The van der Waals surface area contributed by atoms with Gasteiger partial charge in [-0.05, 0) is 19.8 Å². The Morgan fingerprint density at radius 3 is 2.28 bits per heavy atom. The molecule has 0 radical (unpaired) electrons. The average Bonchev–Trinajstić information content (AvgIpc) is 2.55. The molecule has 1 rings (SSSR count).